The van der Waals surface area contributed by atoms with Crippen molar-refractivity contribution in [2.45, 2.75) is 13.1 Å². The number of rotatable bonds is 8. The largest absolute Gasteiger partial charge is 0.351 e. The number of hydrogen-bond donors (Lipinski definition) is 2. The Balaban J connectivity index is 1.56. The fourth-order valence-corrected chi connectivity index (χ4v) is 2.82. The molecule has 0 spiro atoms. The van der Waals surface area contributed by atoms with Crippen molar-refractivity contribution < 1.29 is 9.72 Å². The lowest BCUT2D eigenvalue weighted by atomic mass is 10.1. The van der Waals surface area contributed by atoms with Crippen LogP contribution in [0.3, 0.4) is 0 Å². The first-order chi connectivity index (χ1) is 13.5. The minimum Gasteiger partial charge on any atom is -0.351 e. The van der Waals surface area contributed by atoms with Crippen molar-refractivity contribution in [2.75, 3.05) is 6.54 Å². The normalized spacial score (nSPS) is 10.6. The minimum atomic E-state index is -0.432. The molecular formula is C20H21N5O3. The van der Waals surface area contributed by atoms with Crippen LogP contribution in [0, 0.1) is 10.1 Å². The van der Waals surface area contributed by atoms with Gasteiger partial charge in [0, 0.05) is 49.6 Å². The van der Waals surface area contributed by atoms with Crippen LogP contribution in [-0.2, 0) is 24.9 Å². The summed E-state index contributed by atoms with van der Waals surface area (Å²) in [6, 6.07) is 16.0. The Kier molecular flexibility index (Phi) is 6.13. The van der Waals surface area contributed by atoms with E-state index in [9.17, 15) is 14.9 Å². The molecule has 3 rings (SSSR count). The van der Waals surface area contributed by atoms with Crippen LogP contribution in [0.1, 0.15) is 11.1 Å². The predicted molar refractivity (Wildman–Crippen MR) is 105 cm³/mol. The Morgan fingerprint density at radius 2 is 1.82 bits per heavy atom. The van der Waals surface area contributed by atoms with Crippen LogP contribution in [0.2, 0.25) is 0 Å². The van der Waals surface area contributed by atoms with Gasteiger partial charge in [-0.15, -0.1) is 0 Å². The highest BCUT2D eigenvalue weighted by Gasteiger charge is 2.12. The van der Waals surface area contributed by atoms with E-state index in [2.05, 4.69) is 15.7 Å². The molecule has 8 heteroatoms. The van der Waals surface area contributed by atoms with Gasteiger partial charge >= 0.3 is 0 Å². The molecule has 2 N–H and O–H groups in total. The number of aromatic nitrogens is 2. The third kappa shape index (κ3) is 5.01. The molecule has 8 nitrogen and oxygen atoms in total. The van der Waals surface area contributed by atoms with Gasteiger partial charge in [-0.2, -0.15) is 5.10 Å². The van der Waals surface area contributed by atoms with Crippen molar-refractivity contribution >= 4 is 11.6 Å². The first kappa shape index (κ1) is 19.2. The van der Waals surface area contributed by atoms with E-state index in [0.717, 1.165) is 22.4 Å². The summed E-state index contributed by atoms with van der Waals surface area (Å²) in [6.45, 7) is 1.13. The zero-order valence-electron chi connectivity index (χ0n) is 15.5. The van der Waals surface area contributed by atoms with Crippen LogP contribution in [0.15, 0.2) is 60.8 Å². The van der Waals surface area contributed by atoms with Gasteiger partial charge in [-0.05, 0) is 17.7 Å². The maximum absolute atomic E-state index is 12.0. The lowest BCUT2D eigenvalue weighted by Gasteiger charge is -2.07. The number of nitrogens with zero attached hydrogens (tertiary/aromatic N) is 3. The molecule has 2 aromatic carbocycles. The van der Waals surface area contributed by atoms with Gasteiger partial charge < -0.3 is 10.6 Å². The van der Waals surface area contributed by atoms with Gasteiger partial charge in [-0.3, -0.25) is 19.6 Å². The van der Waals surface area contributed by atoms with Crippen molar-refractivity contribution in [2.24, 2.45) is 7.05 Å². The van der Waals surface area contributed by atoms with Gasteiger partial charge in [0.15, 0.2) is 0 Å². The third-order valence-corrected chi connectivity index (χ3v) is 4.19. The summed E-state index contributed by atoms with van der Waals surface area (Å²) in [4.78, 5) is 22.4. The monoisotopic (exact) mass is 379 g/mol. The molecule has 1 amide bonds. The summed E-state index contributed by atoms with van der Waals surface area (Å²) in [7, 11) is 1.81. The summed E-state index contributed by atoms with van der Waals surface area (Å²) in [5.74, 6) is -0.0929. The molecule has 0 aliphatic heterocycles. The maximum atomic E-state index is 12.0. The van der Waals surface area contributed by atoms with Gasteiger partial charge in [0.25, 0.3) is 5.69 Å². The molecule has 1 heterocycles. The van der Waals surface area contributed by atoms with Crippen LogP contribution >= 0.6 is 0 Å². The standard InChI is InChI=1S/C20H21N5O3/c1-24-14-17(20(23-24)16-7-9-18(10-8-16)25(27)28)12-21-13-19(26)22-11-15-5-3-2-4-6-15/h2-10,14,21H,11-13H2,1H3,(H,22,26). The molecule has 144 valence electrons. The Morgan fingerprint density at radius 1 is 1.11 bits per heavy atom. The first-order valence-corrected chi connectivity index (χ1v) is 8.81. The number of hydrogen-bond acceptors (Lipinski definition) is 5. The van der Waals surface area contributed by atoms with Crippen LogP contribution in [0.5, 0.6) is 0 Å². The molecule has 0 unspecified atom stereocenters. The topological polar surface area (TPSA) is 102 Å². The maximum Gasteiger partial charge on any atom is 0.269 e. The van der Waals surface area contributed by atoms with Gasteiger partial charge in [0.2, 0.25) is 5.91 Å². The molecule has 0 bridgehead atoms. The fraction of sp³-hybridized carbons (Fsp3) is 0.200. The zero-order valence-corrected chi connectivity index (χ0v) is 15.5. The van der Waals surface area contributed by atoms with E-state index in [1.54, 1.807) is 16.8 Å². The highest BCUT2D eigenvalue weighted by molar-refractivity contribution is 5.78. The molecule has 0 saturated heterocycles. The molecule has 0 aliphatic carbocycles. The Morgan fingerprint density at radius 3 is 2.50 bits per heavy atom. The van der Waals surface area contributed by atoms with Crippen molar-refractivity contribution in [3.63, 3.8) is 0 Å². The molecule has 3 aromatic rings. The summed E-state index contributed by atoms with van der Waals surface area (Å²) in [5, 5.41) is 21.2. The Bertz CT molecular complexity index is 952. The lowest BCUT2D eigenvalue weighted by molar-refractivity contribution is -0.384. The highest BCUT2D eigenvalue weighted by atomic mass is 16.6. The van der Waals surface area contributed by atoms with Gasteiger partial charge in [-0.1, -0.05) is 30.3 Å². The summed E-state index contributed by atoms with van der Waals surface area (Å²) >= 11 is 0. The third-order valence-electron chi connectivity index (χ3n) is 4.19. The molecule has 0 aliphatic rings. The van der Waals surface area contributed by atoms with Gasteiger partial charge in [0.05, 0.1) is 17.2 Å². The smallest absolute Gasteiger partial charge is 0.269 e. The van der Waals surface area contributed by atoms with Crippen molar-refractivity contribution in [1.29, 1.82) is 0 Å². The second kappa shape index (κ2) is 8.92. The summed E-state index contributed by atoms with van der Waals surface area (Å²) in [5.41, 5.74) is 3.51. The molecule has 0 fully saturated rings. The van der Waals surface area contributed by atoms with Crippen LogP contribution < -0.4 is 10.6 Å². The number of nitrogens with one attached hydrogen (secondary N) is 2. The Labute approximate surface area is 162 Å². The van der Waals surface area contributed by atoms with E-state index in [1.807, 2.05) is 43.6 Å². The molecule has 0 saturated carbocycles. The van der Waals surface area contributed by atoms with E-state index >= 15 is 0 Å². The van der Waals surface area contributed by atoms with Gasteiger partial charge in [0.1, 0.15) is 0 Å². The number of aryl methyl sites for hydroxylation is 1. The summed E-state index contributed by atoms with van der Waals surface area (Å²) in [6.07, 6.45) is 1.87. The molecule has 28 heavy (non-hydrogen) atoms. The second-order valence-corrected chi connectivity index (χ2v) is 6.35. The lowest BCUT2D eigenvalue weighted by Crippen LogP contribution is -2.33. The fourth-order valence-electron chi connectivity index (χ4n) is 2.82. The summed E-state index contributed by atoms with van der Waals surface area (Å²) < 4.78 is 1.68. The number of nitro groups is 1. The molecule has 1 aromatic heterocycles. The number of amides is 1. The number of carbonyl (C=O) groups is 1. The predicted octanol–water partition coefficient (Wildman–Crippen LogP) is 2.40. The quantitative estimate of drug-likeness (QED) is 0.462. The second-order valence-electron chi connectivity index (χ2n) is 6.35. The van der Waals surface area contributed by atoms with E-state index in [0.29, 0.717) is 13.1 Å². The van der Waals surface area contributed by atoms with Crippen LogP contribution in [0.25, 0.3) is 11.3 Å². The van der Waals surface area contributed by atoms with Crippen molar-refractivity contribution in [3.05, 3.63) is 82.0 Å². The number of non-ortho nitro benzene ring substituents is 1. The van der Waals surface area contributed by atoms with E-state index in [-0.39, 0.29) is 18.1 Å². The highest BCUT2D eigenvalue weighted by Crippen LogP contribution is 2.24. The van der Waals surface area contributed by atoms with Crippen molar-refractivity contribution in [1.82, 2.24) is 20.4 Å². The molecule has 0 atom stereocenters. The van der Waals surface area contributed by atoms with Gasteiger partial charge in [-0.25, -0.2) is 0 Å². The van der Waals surface area contributed by atoms with Crippen LogP contribution in [0.4, 0.5) is 5.69 Å². The molecule has 0 radical (unpaired) electrons. The number of nitro benzene ring substituents is 1. The van der Waals surface area contributed by atoms with E-state index in [4.69, 9.17) is 0 Å². The van der Waals surface area contributed by atoms with Crippen molar-refractivity contribution in [3.8, 4) is 11.3 Å². The molecular weight excluding hydrogens is 358 g/mol. The van der Waals surface area contributed by atoms with E-state index < -0.39 is 4.92 Å². The van der Waals surface area contributed by atoms with Crippen LogP contribution in [-0.4, -0.2) is 27.2 Å². The number of benzene rings is 2. The van der Waals surface area contributed by atoms with E-state index in [1.165, 1.54) is 12.1 Å². The average molecular weight is 379 g/mol. The number of carbonyl (C=O) groups excluding carboxylic acids is 1. The first-order valence-electron chi connectivity index (χ1n) is 8.81. The zero-order chi connectivity index (χ0) is 19.9. The average Bonchev–Trinajstić information content (AvgIpc) is 3.07. The minimum absolute atomic E-state index is 0.0365. The Hall–Kier alpha value is -3.52. The SMILES string of the molecule is Cn1cc(CNCC(=O)NCc2ccccc2)c(-c2ccc([N+](=O)[O-])cc2)n1.